The summed E-state index contributed by atoms with van der Waals surface area (Å²) in [6, 6.07) is 0. The van der Waals surface area contributed by atoms with Crippen LogP contribution in [0.4, 0.5) is 0 Å². The number of carbonyl (C=O) groups is 1. The van der Waals surface area contributed by atoms with Gasteiger partial charge in [0.1, 0.15) is 0 Å². The van der Waals surface area contributed by atoms with E-state index in [1.54, 1.807) is 0 Å². The number of carbonyl (C=O) groups excluding carboxylic acids is 1. The lowest BCUT2D eigenvalue weighted by Gasteiger charge is -2.24. The first-order chi connectivity index (χ1) is 6.93. The van der Waals surface area contributed by atoms with Gasteiger partial charge in [0, 0.05) is 18.3 Å². The number of hydrogen-bond donors (Lipinski definition) is 1. The van der Waals surface area contributed by atoms with Gasteiger partial charge in [0.25, 0.3) is 0 Å². The summed E-state index contributed by atoms with van der Waals surface area (Å²) in [7, 11) is 0. The van der Waals surface area contributed by atoms with Crippen molar-refractivity contribution in [1.82, 2.24) is 5.32 Å². The quantitative estimate of drug-likeness (QED) is 0.673. The summed E-state index contributed by atoms with van der Waals surface area (Å²) >= 11 is 5.70. The number of hydrogen-bond acceptors (Lipinski definition) is 1. The molecule has 0 aromatic carbocycles. The Kier molecular flexibility index (Phi) is 6.99. The van der Waals surface area contributed by atoms with Gasteiger partial charge in [-0.25, -0.2) is 0 Å². The SMILES string of the molecule is CCCC(C)C(=O)NCC(C)(C)CCCl. The second-order valence-corrected chi connectivity index (χ2v) is 5.39. The van der Waals surface area contributed by atoms with Crippen molar-refractivity contribution in [3.63, 3.8) is 0 Å². The fraction of sp³-hybridized carbons (Fsp3) is 0.917. The van der Waals surface area contributed by atoms with Gasteiger partial charge in [-0.2, -0.15) is 0 Å². The highest BCUT2D eigenvalue weighted by molar-refractivity contribution is 6.17. The molecule has 1 unspecified atom stereocenters. The lowest BCUT2D eigenvalue weighted by Crippen LogP contribution is -2.37. The van der Waals surface area contributed by atoms with Crippen LogP contribution < -0.4 is 5.32 Å². The van der Waals surface area contributed by atoms with Crippen LogP contribution in [-0.4, -0.2) is 18.3 Å². The average Bonchev–Trinajstić information content (AvgIpc) is 2.14. The Balaban J connectivity index is 3.88. The molecule has 0 fully saturated rings. The van der Waals surface area contributed by atoms with E-state index in [-0.39, 0.29) is 17.2 Å². The number of alkyl halides is 1. The molecule has 0 aliphatic carbocycles. The molecular formula is C12H24ClNO. The van der Waals surface area contributed by atoms with Crippen molar-refractivity contribution in [1.29, 1.82) is 0 Å². The summed E-state index contributed by atoms with van der Waals surface area (Å²) in [4.78, 5) is 11.6. The van der Waals surface area contributed by atoms with Crippen LogP contribution in [0.3, 0.4) is 0 Å². The van der Waals surface area contributed by atoms with Gasteiger partial charge < -0.3 is 5.32 Å². The van der Waals surface area contributed by atoms with E-state index in [1.807, 2.05) is 6.92 Å². The largest absolute Gasteiger partial charge is 0.355 e. The predicted molar refractivity (Wildman–Crippen MR) is 66.2 cm³/mol. The normalized spacial score (nSPS) is 13.7. The maximum atomic E-state index is 11.6. The monoisotopic (exact) mass is 233 g/mol. The van der Waals surface area contributed by atoms with Gasteiger partial charge >= 0.3 is 0 Å². The number of rotatable bonds is 7. The smallest absolute Gasteiger partial charge is 0.222 e. The van der Waals surface area contributed by atoms with Crippen molar-refractivity contribution in [2.24, 2.45) is 11.3 Å². The third-order valence-electron chi connectivity index (χ3n) is 2.68. The molecule has 0 aromatic rings. The molecule has 1 atom stereocenters. The van der Waals surface area contributed by atoms with Gasteiger partial charge in [0.15, 0.2) is 0 Å². The molecule has 0 aliphatic rings. The van der Waals surface area contributed by atoms with E-state index in [9.17, 15) is 4.79 Å². The fourth-order valence-corrected chi connectivity index (χ4v) is 1.92. The van der Waals surface area contributed by atoms with Crippen LogP contribution in [0.25, 0.3) is 0 Å². The van der Waals surface area contributed by atoms with Crippen molar-refractivity contribution < 1.29 is 4.79 Å². The van der Waals surface area contributed by atoms with Gasteiger partial charge in [0.05, 0.1) is 0 Å². The van der Waals surface area contributed by atoms with E-state index >= 15 is 0 Å². The van der Waals surface area contributed by atoms with Gasteiger partial charge in [-0.15, -0.1) is 11.6 Å². The highest BCUT2D eigenvalue weighted by atomic mass is 35.5. The Hall–Kier alpha value is -0.240. The number of amides is 1. The highest BCUT2D eigenvalue weighted by Crippen LogP contribution is 2.19. The van der Waals surface area contributed by atoms with Crippen molar-refractivity contribution >= 4 is 17.5 Å². The topological polar surface area (TPSA) is 29.1 Å². The predicted octanol–water partition coefficient (Wildman–Crippen LogP) is 3.19. The van der Waals surface area contributed by atoms with E-state index in [1.165, 1.54) is 0 Å². The Morgan fingerprint density at radius 2 is 2.07 bits per heavy atom. The van der Waals surface area contributed by atoms with Crippen LogP contribution >= 0.6 is 11.6 Å². The standard InChI is InChI=1S/C12H24ClNO/c1-5-6-10(2)11(15)14-9-12(3,4)7-8-13/h10H,5-9H2,1-4H3,(H,14,15). The Morgan fingerprint density at radius 3 is 2.53 bits per heavy atom. The summed E-state index contributed by atoms with van der Waals surface area (Å²) < 4.78 is 0. The van der Waals surface area contributed by atoms with Crippen LogP contribution in [0.15, 0.2) is 0 Å². The molecule has 2 nitrogen and oxygen atoms in total. The minimum atomic E-state index is 0.101. The van der Waals surface area contributed by atoms with Gasteiger partial charge in [0.2, 0.25) is 5.91 Å². The maximum Gasteiger partial charge on any atom is 0.222 e. The molecule has 15 heavy (non-hydrogen) atoms. The maximum absolute atomic E-state index is 11.6. The molecule has 1 amide bonds. The summed E-state index contributed by atoms with van der Waals surface area (Å²) in [5, 5.41) is 2.99. The summed E-state index contributed by atoms with van der Waals surface area (Å²) in [6.07, 6.45) is 2.94. The fourth-order valence-electron chi connectivity index (χ4n) is 1.41. The van der Waals surface area contributed by atoms with Gasteiger partial charge in [-0.1, -0.05) is 34.1 Å². The van der Waals surface area contributed by atoms with E-state index < -0.39 is 0 Å². The molecule has 90 valence electrons. The van der Waals surface area contributed by atoms with E-state index in [0.717, 1.165) is 19.3 Å². The lowest BCUT2D eigenvalue weighted by atomic mass is 9.90. The number of nitrogens with one attached hydrogen (secondary N) is 1. The van der Waals surface area contributed by atoms with Crippen LogP contribution in [0.5, 0.6) is 0 Å². The van der Waals surface area contributed by atoms with E-state index in [2.05, 4.69) is 26.1 Å². The Labute approximate surface area is 98.8 Å². The molecule has 0 saturated heterocycles. The zero-order chi connectivity index (χ0) is 11.9. The molecular weight excluding hydrogens is 210 g/mol. The zero-order valence-corrected chi connectivity index (χ0v) is 11.2. The molecule has 3 heteroatoms. The molecule has 0 aliphatic heterocycles. The summed E-state index contributed by atoms with van der Waals surface area (Å²) in [6.45, 7) is 9.04. The summed E-state index contributed by atoms with van der Waals surface area (Å²) in [5.41, 5.74) is 0.101. The summed E-state index contributed by atoms with van der Waals surface area (Å²) in [5.74, 6) is 0.939. The first-order valence-corrected chi connectivity index (χ1v) is 6.30. The van der Waals surface area contributed by atoms with Crippen molar-refractivity contribution in [2.45, 2.75) is 47.0 Å². The molecule has 0 rings (SSSR count). The Morgan fingerprint density at radius 1 is 1.47 bits per heavy atom. The first-order valence-electron chi connectivity index (χ1n) is 5.76. The van der Waals surface area contributed by atoms with Crippen molar-refractivity contribution in [3.05, 3.63) is 0 Å². The number of halogens is 1. The third kappa shape index (κ3) is 6.77. The lowest BCUT2D eigenvalue weighted by molar-refractivity contribution is -0.125. The van der Waals surface area contributed by atoms with E-state index in [0.29, 0.717) is 12.4 Å². The minimum Gasteiger partial charge on any atom is -0.355 e. The van der Waals surface area contributed by atoms with Gasteiger partial charge in [-0.05, 0) is 18.3 Å². The van der Waals surface area contributed by atoms with Crippen LogP contribution in [0.2, 0.25) is 0 Å². The second kappa shape index (κ2) is 7.10. The molecule has 0 heterocycles. The van der Waals surface area contributed by atoms with Crippen LogP contribution in [0.1, 0.15) is 47.0 Å². The van der Waals surface area contributed by atoms with Crippen LogP contribution in [0, 0.1) is 11.3 Å². The highest BCUT2D eigenvalue weighted by Gasteiger charge is 2.19. The Bertz CT molecular complexity index is 192. The van der Waals surface area contributed by atoms with Crippen molar-refractivity contribution in [3.8, 4) is 0 Å². The molecule has 1 N–H and O–H groups in total. The minimum absolute atomic E-state index is 0.101. The van der Waals surface area contributed by atoms with Gasteiger partial charge in [-0.3, -0.25) is 4.79 Å². The third-order valence-corrected chi connectivity index (χ3v) is 2.87. The zero-order valence-electron chi connectivity index (χ0n) is 10.4. The first kappa shape index (κ1) is 14.8. The molecule has 0 bridgehead atoms. The molecule has 0 saturated carbocycles. The molecule has 0 radical (unpaired) electrons. The molecule has 0 aromatic heterocycles. The van der Waals surface area contributed by atoms with Crippen LogP contribution in [-0.2, 0) is 4.79 Å². The van der Waals surface area contributed by atoms with E-state index in [4.69, 9.17) is 11.6 Å². The average molecular weight is 234 g/mol. The second-order valence-electron chi connectivity index (χ2n) is 5.01. The van der Waals surface area contributed by atoms with Crippen molar-refractivity contribution in [2.75, 3.05) is 12.4 Å². The molecule has 0 spiro atoms.